The van der Waals surface area contributed by atoms with Gasteiger partial charge in [0.1, 0.15) is 5.75 Å². The van der Waals surface area contributed by atoms with Crippen molar-refractivity contribution in [3.63, 3.8) is 0 Å². The average molecular weight is 484 g/mol. The van der Waals surface area contributed by atoms with Crippen LogP contribution in [0.1, 0.15) is 31.2 Å². The highest BCUT2D eigenvalue weighted by Gasteiger charge is 2.32. The minimum atomic E-state index is 0.0270. The number of hydrogen-bond donors (Lipinski definition) is 0. The third-order valence-corrected chi connectivity index (χ3v) is 7.28. The Morgan fingerprint density at radius 1 is 0.941 bits per heavy atom. The molecule has 0 atom stereocenters. The molecule has 34 heavy (non-hydrogen) atoms. The van der Waals surface area contributed by atoms with Crippen molar-refractivity contribution in [3.8, 4) is 5.75 Å². The molecule has 2 fully saturated rings. The fraction of sp³-hybridized carbons (Fsp3) is 0.481. The van der Waals surface area contributed by atoms with Crippen molar-refractivity contribution in [3.05, 3.63) is 65.2 Å². The lowest BCUT2D eigenvalue weighted by Crippen LogP contribution is -2.50. The smallest absolute Gasteiger partial charge is 0.260 e. The lowest BCUT2D eigenvalue weighted by molar-refractivity contribution is -0.138. The van der Waals surface area contributed by atoms with E-state index < -0.39 is 0 Å². The second kappa shape index (κ2) is 11.7. The first kappa shape index (κ1) is 24.6. The van der Waals surface area contributed by atoms with Crippen LogP contribution >= 0.6 is 11.6 Å². The normalized spacial score (nSPS) is 18.0. The Kier molecular flexibility index (Phi) is 8.46. The van der Waals surface area contributed by atoms with Gasteiger partial charge in [0.2, 0.25) is 5.91 Å². The van der Waals surface area contributed by atoms with Crippen molar-refractivity contribution in [2.75, 3.05) is 39.8 Å². The van der Waals surface area contributed by atoms with Crippen LogP contribution in [0.2, 0.25) is 5.02 Å². The SMILES string of the molecule is CN(Cc1ccccc1)C(=O)C1CCN(C2CCN(C(=O)COc3ccc(Cl)cc3)CC2)CC1. The highest BCUT2D eigenvalue weighted by Crippen LogP contribution is 2.25. The summed E-state index contributed by atoms with van der Waals surface area (Å²) in [6.07, 6.45) is 3.76. The van der Waals surface area contributed by atoms with E-state index in [0.717, 1.165) is 57.4 Å². The quantitative estimate of drug-likeness (QED) is 0.595. The molecule has 0 N–H and O–H groups in total. The van der Waals surface area contributed by atoms with Crippen molar-refractivity contribution in [1.29, 1.82) is 0 Å². The van der Waals surface area contributed by atoms with E-state index >= 15 is 0 Å². The zero-order valence-electron chi connectivity index (χ0n) is 19.9. The van der Waals surface area contributed by atoms with Crippen LogP contribution in [-0.4, -0.2) is 72.4 Å². The maximum atomic E-state index is 12.9. The summed E-state index contributed by atoms with van der Waals surface area (Å²) in [5, 5.41) is 0.647. The largest absolute Gasteiger partial charge is 0.484 e. The van der Waals surface area contributed by atoms with Gasteiger partial charge in [-0.05, 0) is 68.6 Å². The minimum absolute atomic E-state index is 0.0270. The molecule has 182 valence electrons. The monoisotopic (exact) mass is 483 g/mol. The van der Waals surface area contributed by atoms with Crippen molar-refractivity contribution in [1.82, 2.24) is 14.7 Å². The fourth-order valence-electron chi connectivity index (χ4n) is 5.01. The van der Waals surface area contributed by atoms with Gasteiger partial charge in [-0.15, -0.1) is 0 Å². The number of benzene rings is 2. The number of hydrogen-bond acceptors (Lipinski definition) is 4. The molecule has 0 unspecified atom stereocenters. The number of amides is 2. The maximum Gasteiger partial charge on any atom is 0.260 e. The first-order valence-corrected chi connectivity index (χ1v) is 12.6. The molecular formula is C27H34ClN3O3. The number of likely N-dealkylation sites (tertiary alicyclic amines) is 2. The van der Waals surface area contributed by atoms with E-state index in [1.54, 1.807) is 24.3 Å². The molecule has 0 aromatic heterocycles. The van der Waals surface area contributed by atoms with Crippen molar-refractivity contribution < 1.29 is 14.3 Å². The highest BCUT2D eigenvalue weighted by molar-refractivity contribution is 6.30. The second-order valence-electron chi connectivity index (χ2n) is 9.34. The molecule has 0 radical (unpaired) electrons. The van der Waals surface area contributed by atoms with Crippen LogP contribution in [0.3, 0.4) is 0 Å². The van der Waals surface area contributed by atoms with Gasteiger partial charge in [0.05, 0.1) is 0 Å². The number of piperidine rings is 2. The summed E-state index contributed by atoms with van der Waals surface area (Å²) in [5.41, 5.74) is 1.16. The van der Waals surface area contributed by atoms with E-state index in [9.17, 15) is 9.59 Å². The molecule has 2 aliphatic heterocycles. The van der Waals surface area contributed by atoms with Gasteiger partial charge in [-0.3, -0.25) is 9.59 Å². The third-order valence-electron chi connectivity index (χ3n) is 7.03. The highest BCUT2D eigenvalue weighted by atomic mass is 35.5. The predicted molar refractivity (Wildman–Crippen MR) is 134 cm³/mol. The lowest BCUT2D eigenvalue weighted by atomic mass is 9.92. The molecule has 0 bridgehead atoms. The fourth-order valence-corrected chi connectivity index (χ4v) is 5.13. The van der Waals surface area contributed by atoms with Gasteiger partial charge in [-0.1, -0.05) is 41.9 Å². The second-order valence-corrected chi connectivity index (χ2v) is 9.78. The molecular weight excluding hydrogens is 450 g/mol. The van der Waals surface area contributed by atoms with Gasteiger partial charge >= 0.3 is 0 Å². The van der Waals surface area contributed by atoms with Crippen LogP contribution in [0, 0.1) is 5.92 Å². The molecule has 2 saturated heterocycles. The van der Waals surface area contributed by atoms with Crippen molar-refractivity contribution in [2.24, 2.45) is 5.92 Å². The summed E-state index contributed by atoms with van der Waals surface area (Å²) < 4.78 is 5.61. The molecule has 2 aromatic carbocycles. The Hall–Kier alpha value is -2.57. The summed E-state index contributed by atoms with van der Waals surface area (Å²) in [6, 6.07) is 17.7. The molecule has 0 spiro atoms. The topological polar surface area (TPSA) is 53.1 Å². The molecule has 2 aromatic rings. The molecule has 7 heteroatoms. The number of nitrogens with zero attached hydrogens (tertiary/aromatic N) is 3. The number of carbonyl (C=O) groups is 2. The summed E-state index contributed by atoms with van der Waals surface area (Å²) in [5.74, 6) is 1.04. The minimum Gasteiger partial charge on any atom is -0.484 e. The molecule has 2 heterocycles. The van der Waals surface area contributed by atoms with E-state index in [1.165, 1.54) is 0 Å². The Balaban J connectivity index is 1.17. The number of ether oxygens (including phenoxy) is 1. The Labute approximate surface area is 207 Å². The van der Waals surface area contributed by atoms with Gasteiger partial charge in [0.15, 0.2) is 6.61 Å². The van der Waals surface area contributed by atoms with E-state index in [1.807, 2.05) is 35.0 Å². The molecule has 4 rings (SSSR count). The summed E-state index contributed by atoms with van der Waals surface area (Å²) in [4.78, 5) is 31.8. The van der Waals surface area contributed by atoms with Gasteiger partial charge in [0, 0.05) is 43.7 Å². The number of halogens is 1. The first-order valence-electron chi connectivity index (χ1n) is 12.2. The Morgan fingerprint density at radius 2 is 1.59 bits per heavy atom. The van der Waals surface area contributed by atoms with Crippen LogP contribution in [0.5, 0.6) is 5.75 Å². The van der Waals surface area contributed by atoms with E-state index in [-0.39, 0.29) is 24.3 Å². The van der Waals surface area contributed by atoms with Gasteiger partial charge in [0.25, 0.3) is 5.91 Å². The Morgan fingerprint density at radius 3 is 2.24 bits per heavy atom. The van der Waals surface area contributed by atoms with E-state index in [2.05, 4.69) is 17.0 Å². The predicted octanol–water partition coefficient (Wildman–Crippen LogP) is 4.08. The van der Waals surface area contributed by atoms with Crippen LogP contribution in [0.25, 0.3) is 0 Å². The average Bonchev–Trinajstić information content (AvgIpc) is 2.88. The third kappa shape index (κ3) is 6.51. The van der Waals surface area contributed by atoms with Gasteiger partial charge < -0.3 is 19.4 Å². The zero-order valence-corrected chi connectivity index (χ0v) is 20.6. The maximum absolute atomic E-state index is 12.9. The summed E-state index contributed by atoms with van der Waals surface area (Å²) >= 11 is 5.89. The molecule has 2 aliphatic rings. The van der Waals surface area contributed by atoms with Gasteiger partial charge in [-0.2, -0.15) is 0 Å². The summed E-state index contributed by atoms with van der Waals surface area (Å²) in [6.45, 7) is 4.13. The van der Waals surface area contributed by atoms with E-state index in [4.69, 9.17) is 16.3 Å². The van der Waals surface area contributed by atoms with Gasteiger partial charge in [-0.25, -0.2) is 0 Å². The molecule has 0 aliphatic carbocycles. The number of carbonyl (C=O) groups excluding carboxylic acids is 2. The van der Waals surface area contributed by atoms with Crippen LogP contribution in [-0.2, 0) is 16.1 Å². The Bertz CT molecular complexity index is 937. The van der Waals surface area contributed by atoms with Crippen LogP contribution in [0.15, 0.2) is 54.6 Å². The standard InChI is InChI=1S/C27H34ClN3O3/c1-29(19-21-5-3-2-4-6-21)27(33)22-11-15-30(16-12-22)24-13-17-31(18-14-24)26(32)20-34-25-9-7-23(28)8-10-25/h2-10,22,24H,11-20H2,1H3. The van der Waals surface area contributed by atoms with E-state index in [0.29, 0.717) is 23.4 Å². The molecule has 0 saturated carbocycles. The lowest BCUT2D eigenvalue weighted by Gasteiger charge is -2.42. The molecule has 2 amide bonds. The first-order chi connectivity index (χ1) is 16.5. The zero-order chi connectivity index (χ0) is 23.9. The number of rotatable bonds is 7. The van der Waals surface area contributed by atoms with Crippen LogP contribution in [0.4, 0.5) is 0 Å². The van der Waals surface area contributed by atoms with Crippen molar-refractivity contribution in [2.45, 2.75) is 38.3 Å². The molecule has 6 nitrogen and oxygen atoms in total. The summed E-state index contributed by atoms with van der Waals surface area (Å²) in [7, 11) is 1.91. The van der Waals surface area contributed by atoms with Crippen LogP contribution < -0.4 is 4.74 Å². The van der Waals surface area contributed by atoms with Crippen molar-refractivity contribution >= 4 is 23.4 Å².